The van der Waals surface area contributed by atoms with E-state index in [0.29, 0.717) is 5.69 Å². The molecule has 2 heterocycles. The number of urea groups is 1. The molecule has 0 atom stereocenters. The number of aromatic nitrogens is 1. The van der Waals surface area contributed by atoms with Gasteiger partial charge in [0.25, 0.3) is 5.91 Å². The predicted molar refractivity (Wildman–Crippen MR) is 96.5 cm³/mol. The summed E-state index contributed by atoms with van der Waals surface area (Å²) >= 11 is 3.02. The van der Waals surface area contributed by atoms with Gasteiger partial charge in [-0.2, -0.15) is 11.3 Å². The number of hydrogen-bond donors (Lipinski definition) is 2. The van der Waals surface area contributed by atoms with Crippen LogP contribution in [0.25, 0.3) is 10.6 Å². The number of hydrogen-bond acceptors (Lipinski definition) is 7. The summed E-state index contributed by atoms with van der Waals surface area (Å²) in [6.07, 6.45) is -0.0257. The van der Waals surface area contributed by atoms with Crippen LogP contribution in [0.1, 0.15) is 26.5 Å². The maximum absolute atomic E-state index is 11.8. The summed E-state index contributed by atoms with van der Waals surface area (Å²) in [5.41, 5.74) is 1.13. The van der Waals surface area contributed by atoms with Crippen molar-refractivity contribution in [2.75, 3.05) is 6.61 Å². The van der Waals surface area contributed by atoms with Gasteiger partial charge in [0.2, 0.25) is 0 Å². The maximum Gasteiger partial charge on any atom is 0.321 e. The fourth-order valence-electron chi connectivity index (χ4n) is 1.79. The molecular weight excluding hydrogens is 362 g/mol. The average Bonchev–Trinajstić information content (AvgIpc) is 3.13. The van der Waals surface area contributed by atoms with Crippen molar-refractivity contribution in [1.82, 2.24) is 15.6 Å². The highest BCUT2D eigenvalue weighted by molar-refractivity contribution is 7.14. The number of esters is 1. The number of carbonyl (C=O) groups excluding carboxylic acids is 3. The number of ether oxygens (including phenoxy) is 1. The van der Waals surface area contributed by atoms with Crippen molar-refractivity contribution in [3.8, 4) is 10.6 Å². The summed E-state index contributed by atoms with van der Waals surface area (Å²) in [4.78, 5) is 39.3. The molecule has 0 aliphatic rings. The van der Waals surface area contributed by atoms with Crippen LogP contribution in [0.15, 0.2) is 22.2 Å². The maximum atomic E-state index is 11.8. The third kappa shape index (κ3) is 6.63. The summed E-state index contributed by atoms with van der Waals surface area (Å²) < 4.78 is 4.87. The zero-order chi connectivity index (χ0) is 18.4. The van der Waals surface area contributed by atoms with Crippen LogP contribution in [0.3, 0.4) is 0 Å². The predicted octanol–water partition coefficient (Wildman–Crippen LogP) is 2.58. The molecule has 9 heteroatoms. The second-order valence-electron chi connectivity index (χ2n) is 6.25. The van der Waals surface area contributed by atoms with Crippen LogP contribution >= 0.6 is 22.7 Å². The number of carbonyl (C=O) groups is 3. The zero-order valence-corrected chi connectivity index (χ0v) is 15.8. The van der Waals surface area contributed by atoms with Gasteiger partial charge in [-0.1, -0.05) is 0 Å². The normalized spacial score (nSPS) is 11.0. The van der Waals surface area contributed by atoms with E-state index in [0.717, 1.165) is 10.6 Å². The fraction of sp³-hybridized carbons (Fsp3) is 0.375. The van der Waals surface area contributed by atoms with E-state index in [9.17, 15) is 14.4 Å². The van der Waals surface area contributed by atoms with Gasteiger partial charge in [0.1, 0.15) is 5.01 Å². The smallest absolute Gasteiger partial charge is 0.321 e. The monoisotopic (exact) mass is 381 g/mol. The Bertz CT molecular complexity index is 748. The summed E-state index contributed by atoms with van der Waals surface area (Å²) in [5, 5.41) is 11.2. The highest BCUT2D eigenvalue weighted by Crippen LogP contribution is 2.25. The van der Waals surface area contributed by atoms with Crippen molar-refractivity contribution >= 4 is 40.6 Å². The lowest BCUT2D eigenvalue weighted by Crippen LogP contribution is -2.49. The molecule has 3 amide bonds. The van der Waals surface area contributed by atoms with Gasteiger partial charge in [-0.15, -0.1) is 11.3 Å². The molecule has 0 saturated carbocycles. The Morgan fingerprint density at radius 3 is 2.64 bits per heavy atom. The Morgan fingerprint density at radius 2 is 2.00 bits per heavy atom. The van der Waals surface area contributed by atoms with Crippen molar-refractivity contribution in [2.24, 2.45) is 0 Å². The van der Waals surface area contributed by atoms with E-state index in [2.05, 4.69) is 15.6 Å². The second-order valence-corrected chi connectivity index (χ2v) is 7.88. The Balaban J connectivity index is 1.75. The summed E-state index contributed by atoms with van der Waals surface area (Å²) in [6, 6.07) is 1.33. The third-order valence-corrected chi connectivity index (χ3v) is 4.37. The third-order valence-electron chi connectivity index (χ3n) is 2.75. The van der Waals surface area contributed by atoms with Crippen molar-refractivity contribution in [1.29, 1.82) is 0 Å². The molecule has 0 saturated heterocycles. The molecule has 0 fully saturated rings. The van der Waals surface area contributed by atoms with E-state index in [1.54, 1.807) is 37.5 Å². The van der Waals surface area contributed by atoms with E-state index >= 15 is 0 Å². The molecule has 2 aromatic heterocycles. The molecule has 0 radical (unpaired) electrons. The number of imide groups is 1. The van der Waals surface area contributed by atoms with Crippen LogP contribution in [0.5, 0.6) is 0 Å². The molecule has 2 rings (SSSR count). The second kappa shape index (κ2) is 8.21. The first-order valence-electron chi connectivity index (χ1n) is 7.47. The number of amides is 3. The number of thiophene rings is 1. The van der Waals surface area contributed by atoms with Gasteiger partial charge in [-0.3, -0.25) is 14.9 Å². The summed E-state index contributed by atoms with van der Waals surface area (Å²) in [5.74, 6) is -1.26. The quantitative estimate of drug-likeness (QED) is 0.776. The van der Waals surface area contributed by atoms with Crippen molar-refractivity contribution in [3.63, 3.8) is 0 Å². The highest BCUT2D eigenvalue weighted by Gasteiger charge is 2.17. The number of rotatable bonds is 5. The van der Waals surface area contributed by atoms with E-state index < -0.39 is 30.1 Å². The minimum atomic E-state index is -0.688. The Labute approximate surface area is 153 Å². The fourth-order valence-corrected chi connectivity index (χ4v) is 3.32. The van der Waals surface area contributed by atoms with E-state index in [1.165, 1.54) is 11.3 Å². The number of nitrogens with zero attached hydrogens (tertiary/aromatic N) is 1. The minimum absolute atomic E-state index is 0.0257. The van der Waals surface area contributed by atoms with E-state index in [-0.39, 0.29) is 6.42 Å². The SMILES string of the molecule is CC(C)(C)NC(=O)NC(=O)COC(=O)Cc1csc(-c2ccsc2)n1. The molecule has 2 N–H and O–H groups in total. The Morgan fingerprint density at radius 1 is 1.24 bits per heavy atom. The van der Waals surface area contributed by atoms with E-state index in [1.807, 2.05) is 16.8 Å². The molecule has 2 aromatic rings. The van der Waals surface area contributed by atoms with Crippen molar-refractivity contribution < 1.29 is 19.1 Å². The van der Waals surface area contributed by atoms with Crippen LogP contribution in [0.4, 0.5) is 4.79 Å². The highest BCUT2D eigenvalue weighted by atomic mass is 32.1. The molecule has 0 aliphatic carbocycles. The Kier molecular flexibility index (Phi) is 6.27. The van der Waals surface area contributed by atoms with Gasteiger partial charge in [0, 0.05) is 21.9 Å². The lowest BCUT2D eigenvalue weighted by molar-refractivity contribution is -0.147. The van der Waals surface area contributed by atoms with Crippen LogP contribution < -0.4 is 10.6 Å². The molecule has 0 aliphatic heterocycles. The van der Waals surface area contributed by atoms with Gasteiger partial charge >= 0.3 is 12.0 Å². The first-order chi connectivity index (χ1) is 11.7. The molecule has 0 aromatic carbocycles. The molecular formula is C16H19N3O4S2. The van der Waals surface area contributed by atoms with Gasteiger partial charge in [-0.25, -0.2) is 9.78 Å². The first kappa shape index (κ1) is 19.1. The molecule has 7 nitrogen and oxygen atoms in total. The van der Waals surface area contributed by atoms with Crippen LogP contribution in [-0.4, -0.2) is 35.0 Å². The number of nitrogens with one attached hydrogen (secondary N) is 2. The minimum Gasteiger partial charge on any atom is -0.455 e. The standard InChI is InChI=1S/C16H19N3O4S2/c1-16(2,3)19-15(22)18-12(20)7-23-13(21)6-11-9-25-14(17-11)10-4-5-24-8-10/h4-5,8-9H,6-7H2,1-3H3,(H2,18,19,20,22). The molecule has 134 valence electrons. The molecule has 0 bridgehead atoms. The first-order valence-corrected chi connectivity index (χ1v) is 9.30. The largest absolute Gasteiger partial charge is 0.455 e. The van der Waals surface area contributed by atoms with Crippen molar-refractivity contribution in [3.05, 3.63) is 27.9 Å². The summed E-state index contributed by atoms with van der Waals surface area (Å²) in [7, 11) is 0. The topological polar surface area (TPSA) is 97.4 Å². The average molecular weight is 381 g/mol. The molecule has 0 spiro atoms. The van der Waals surface area contributed by atoms with Crippen molar-refractivity contribution in [2.45, 2.75) is 32.7 Å². The number of thiazole rings is 1. The van der Waals surface area contributed by atoms with Crippen LogP contribution in [-0.2, 0) is 20.7 Å². The van der Waals surface area contributed by atoms with E-state index in [4.69, 9.17) is 4.74 Å². The van der Waals surface area contributed by atoms with Gasteiger partial charge in [0.05, 0.1) is 12.1 Å². The lowest BCUT2D eigenvalue weighted by Gasteiger charge is -2.20. The van der Waals surface area contributed by atoms with Crippen LogP contribution in [0.2, 0.25) is 0 Å². The molecule has 0 unspecified atom stereocenters. The van der Waals surface area contributed by atoms with Gasteiger partial charge < -0.3 is 10.1 Å². The lowest BCUT2D eigenvalue weighted by atomic mass is 10.1. The van der Waals surface area contributed by atoms with Crippen LogP contribution in [0, 0.1) is 0 Å². The van der Waals surface area contributed by atoms with Gasteiger partial charge in [0.15, 0.2) is 6.61 Å². The zero-order valence-electron chi connectivity index (χ0n) is 14.1. The summed E-state index contributed by atoms with van der Waals surface area (Å²) in [6.45, 7) is 4.85. The molecule has 25 heavy (non-hydrogen) atoms. The Hall–Kier alpha value is -2.26. The van der Waals surface area contributed by atoms with Gasteiger partial charge in [-0.05, 0) is 32.2 Å².